The fraction of sp³-hybridized carbons (Fsp3) is 0.400. The normalized spacial score (nSPS) is 17.1. The highest BCUT2D eigenvalue weighted by Gasteiger charge is 2.51. The minimum absolute atomic E-state index is 0.230. The quantitative estimate of drug-likeness (QED) is 0.749. The van der Waals surface area contributed by atoms with Crippen molar-refractivity contribution in [3.8, 4) is 5.75 Å². The zero-order chi connectivity index (χ0) is 11.1. The van der Waals surface area contributed by atoms with E-state index in [2.05, 4.69) is 0 Å². The zero-order valence-corrected chi connectivity index (χ0v) is 8.40. The molecule has 15 heavy (non-hydrogen) atoms. The number of hydrogen-bond acceptors (Lipinski definition) is 3. The Hall–Kier alpha value is -1.78. The number of amides is 1. The molecule has 0 saturated heterocycles. The van der Waals surface area contributed by atoms with Crippen LogP contribution in [0.15, 0.2) is 23.1 Å². The largest absolute Gasteiger partial charge is 0.495 e. The van der Waals surface area contributed by atoms with Crippen molar-refractivity contribution in [1.82, 2.24) is 4.57 Å². The minimum atomic E-state index is -0.814. The highest BCUT2D eigenvalue weighted by molar-refractivity contribution is 5.85. The third kappa shape index (κ3) is 1.40. The Labute approximate surface area is 86.5 Å². The summed E-state index contributed by atoms with van der Waals surface area (Å²) in [5, 5.41) is 0. The Balaban J connectivity index is 2.52. The van der Waals surface area contributed by atoms with Gasteiger partial charge in [-0.2, -0.15) is 0 Å². The van der Waals surface area contributed by atoms with Crippen molar-refractivity contribution < 1.29 is 9.53 Å². The molecule has 1 aromatic rings. The van der Waals surface area contributed by atoms with E-state index in [0.717, 1.165) is 0 Å². The molecule has 0 radical (unpaired) electrons. The maximum Gasteiger partial charge on any atom is 0.251 e. The predicted molar refractivity (Wildman–Crippen MR) is 53.7 cm³/mol. The van der Waals surface area contributed by atoms with Crippen LogP contribution in [0, 0.1) is 0 Å². The molecule has 0 atom stereocenters. The van der Waals surface area contributed by atoms with E-state index in [1.54, 1.807) is 6.07 Å². The van der Waals surface area contributed by atoms with Gasteiger partial charge in [-0.05, 0) is 18.9 Å². The molecule has 1 aliphatic carbocycles. The standard InChI is InChI=1S/C10H12N2O3/c1-15-7-2-3-8(13)12(6-7)10(4-5-10)9(11)14/h2-3,6H,4-5H2,1H3,(H2,11,14). The van der Waals surface area contributed by atoms with Crippen LogP contribution in [-0.2, 0) is 10.3 Å². The van der Waals surface area contributed by atoms with Gasteiger partial charge in [0.2, 0.25) is 5.91 Å². The first-order valence-corrected chi connectivity index (χ1v) is 4.67. The summed E-state index contributed by atoms with van der Waals surface area (Å²) in [5.41, 5.74) is 4.24. The van der Waals surface area contributed by atoms with Gasteiger partial charge in [-0.15, -0.1) is 0 Å². The summed E-state index contributed by atoms with van der Waals surface area (Å²) in [6.45, 7) is 0. The van der Waals surface area contributed by atoms with Crippen LogP contribution >= 0.6 is 0 Å². The van der Waals surface area contributed by atoms with E-state index in [4.69, 9.17) is 10.5 Å². The summed E-state index contributed by atoms with van der Waals surface area (Å²) >= 11 is 0. The SMILES string of the molecule is COc1ccc(=O)n(C2(C(N)=O)CC2)c1. The molecule has 1 amide bonds. The predicted octanol–water partition coefficient (Wildman–Crippen LogP) is -0.169. The topological polar surface area (TPSA) is 74.3 Å². The van der Waals surface area contributed by atoms with E-state index in [1.807, 2.05) is 0 Å². The first-order valence-electron chi connectivity index (χ1n) is 4.67. The second-order valence-electron chi connectivity index (χ2n) is 3.67. The number of primary amides is 1. The number of methoxy groups -OCH3 is 1. The molecule has 0 unspecified atom stereocenters. The summed E-state index contributed by atoms with van der Waals surface area (Å²) in [4.78, 5) is 22.8. The van der Waals surface area contributed by atoms with E-state index in [0.29, 0.717) is 18.6 Å². The number of nitrogens with two attached hydrogens (primary N) is 1. The number of carbonyl (C=O) groups excluding carboxylic acids is 1. The van der Waals surface area contributed by atoms with Crippen LogP contribution < -0.4 is 16.0 Å². The van der Waals surface area contributed by atoms with Gasteiger partial charge in [0.05, 0.1) is 13.3 Å². The summed E-state index contributed by atoms with van der Waals surface area (Å²) in [5.74, 6) is 0.0833. The molecule has 0 aliphatic heterocycles. The van der Waals surface area contributed by atoms with Crippen LogP contribution in [0.5, 0.6) is 5.75 Å². The molecule has 0 bridgehead atoms. The van der Waals surface area contributed by atoms with Crippen molar-refractivity contribution >= 4 is 5.91 Å². The van der Waals surface area contributed by atoms with Crippen LogP contribution in [0.25, 0.3) is 0 Å². The highest BCUT2D eigenvalue weighted by Crippen LogP contribution is 2.42. The third-order valence-corrected chi connectivity index (χ3v) is 2.76. The lowest BCUT2D eigenvalue weighted by Gasteiger charge is -2.15. The van der Waals surface area contributed by atoms with E-state index in [-0.39, 0.29) is 5.56 Å². The number of rotatable bonds is 3. The average Bonchev–Trinajstić information content (AvgIpc) is 2.99. The molecule has 80 valence electrons. The molecular formula is C10H12N2O3. The second kappa shape index (κ2) is 3.12. The Kier molecular flexibility index (Phi) is 2.03. The van der Waals surface area contributed by atoms with Gasteiger partial charge in [-0.25, -0.2) is 0 Å². The molecule has 5 nitrogen and oxygen atoms in total. The third-order valence-electron chi connectivity index (χ3n) is 2.76. The van der Waals surface area contributed by atoms with E-state index >= 15 is 0 Å². The van der Waals surface area contributed by atoms with Gasteiger partial charge in [0, 0.05) is 6.07 Å². The fourth-order valence-corrected chi connectivity index (χ4v) is 1.65. The van der Waals surface area contributed by atoms with Gasteiger partial charge in [0.15, 0.2) is 0 Å². The van der Waals surface area contributed by atoms with Gasteiger partial charge < -0.3 is 10.5 Å². The Morgan fingerprint density at radius 3 is 2.67 bits per heavy atom. The molecule has 1 heterocycles. The number of ether oxygens (including phenoxy) is 1. The maximum absolute atomic E-state index is 11.6. The van der Waals surface area contributed by atoms with E-state index in [1.165, 1.54) is 23.9 Å². The Morgan fingerprint density at radius 2 is 2.20 bits per heavy atom. The van der Waals surface area contributed by atoms with Crippen molar-refractivity contribution in [1.29, 1.82) is 0 Å². The summed E-state index contributed by atoms with van der Waals surface area (Å²) in [6.07, 6.45) is 2.77. The lowest BCUT2D eigenvalue weighted by molar-refractivity contribution is -0.122. The van der Waals surface area contributed by atoms with Gasteiger partial charge in [-0.3, -0.25) is 14.2 Å². The Morgan fingerprint density at radius 1 is 1.53 bits per heavy atom. The zero-order valence-electron chi connectivity index (χ0n) is 8.40. The maximum atomic E-state index is 11.6. The van der Waals surface area contributed by atoms with Crippen molar-refractivity contribution in [2.24, 2.45) is 5.73 Å². The molecule has 1 aliphatic rings. The number of hydrogen-bond donors (Lipinski definition) is 1. The summed E-state index contributed by atoms with van der Waals surface area (Å²) < 4.78 is 6.37. The van der Waals surface area contributed by atoms with Crippen LogP contribution in [0.1, 0.15) is 12.8 Å². The number of pyridine rings is 1. The van der Waals surface area contributed by atoms with Gasteiger partial charge in [0.1, 0.15) is 11.3 Å². The highest BCUT2D eigenvalue weighted by atomic mass is 16.5. The monoisotopic (exact) mass is 208 g/mol. The summed E-state index contributed by atoms with van der Waals surface area (Å²) in [6, 6.07) is 2.94. The van der Waals surface area contributed by atoms with Crippen molar-refractivity contribution in [2.75, 3.05) is 7.11 Å². The first kappa shape index (κ1) is 9.76. The second-order valence-corrected chi connectivity index (χ2v) is 3.67. The molecule has 0 aromatic carbocycles. The number of carbonyl (C=O) groups is 1. The molecule has 2 rings (SSSR count). The van der Waals surface area contributed by atoms with E-state index in [9.17, 15) is 9.59 Å². The van der Waals surface area contributed by atoms with Gasteiger partial charge in [-0.1, -0.05) is 0 Å². The minimum Gasteiger partial charge on any atom is -0.495 e. The van der Waals surface area contributed by atoms with Crippen molar-refractivity contribution in [3.05, 3.63) is 28.7 Å². The lowest BCUT2D eigenvalue weighted by Crippen LogP contribution is -2.39. The molecule has 1 aromatic heterocycles. The first-order chi connectivity index (χ1) is 7.10. The number of nitrogens with zero attached hydrogens (tertiary/aromatic N) is 1. The fourth-order valence-electron chi connectivity index (χ4n) is 1.65. The Bertz CT molecular complexity index is 460. The van der Waals surface area contributed by atoms with Crippen LogP contribution in [0.3, 0.4) is 0 Å². The van der Waals surface area contributed by atoms with Gasteiger partial charge in [0.25, 0.3) is 5.56 Å². The average molecular weight is 208 g/mol. The number of aromatic nitrogens is 1. The molecule has 0 spiro atoms. The van der Waals surface area contributed by atoms with Gasteiger partial charge >= 0.3 is 0 Å². The van der Waals surface area contributed by atoms with Crippen LogP contribution in [0.4, 0.5) is 0 Å². The van der Waals surface area contributed by atoms with E-state index < -0.39 is 11.4 Å². The summed E-state index contributed by atoms with van der Waals surface area (Å²) in [7, 11) is 1.51. The van der Waals surface area contributed by atoms with Crippen LogP contribution in [-0.4, -0.2) is 17.6 Å². The molecular weight excluding hydrogens is 196 g/mol. The molecule has 2 N–H and O–H groups in total. The molecule has 1 fully saturated rings. The smallest absolute Gasteiger partial charge is 0.251 e. The van der Waals surface area contributed by atoms with Crippen molar-refractivity contribution in [2.45, 2.75) is 18.4 Å². The molecule has 1 saturated carbocycles. The molecule has 5 heteroatoms. The lowest BCUT2D eigenvalue weighted by atomic mass is 10.2. The van der Waals surface area contributed by atoms with Crippen LogP contribution in [0.2, 0.25) is 0 Å². The van der Waals surface area contributed by atoms with Crippen molar-refractivity contribution in [3.63, 3.8) is 0 Å².